The molecule has 1 aromatic carbocycles. The number of halogens is 2. The van der Waals surface area contributed by atoms with Gasteiger partial charge in [-0.1, -0.05) is 6.07 Å². The lowest BCUT2D eigenvalue weighted by Crippen LogP contribution is -1.88. The number of rotatable bonds is 1. The number of nitrogen functional groups attached to an aromatic ring is 1. The molecule has 0 radical (unpaired) electrons. The summed E-state index contributed by atoms with van der Waals surface area (Å²) in [5, 5.41) is 0.428. The van der Waals surface area contributed by atoms with Gasteiger partial charge >= 0.3 is 0 Å². The van der Waals surface area contributed by atoms with E-state index in [1.165, 1.54) is 6.20 Å². The molecule has 2 aromatic rings. The highest BCUT2D eigenvalue weighted by molar-refractivity contribution is 5.93. The van der Waals surface area contributed by atoms with E-state index < -0.39 is 6.43 Å². The van der Waals surface area contributed by atoms with E-state index in [4.69, 9.17) is 5.73 Å². The highest BCUT2D eigenvalue weighted by Crippen LogP contribution is 2.31. The van der Waals surface area contributed by atoms with E-state index in [-0.39, 0.29) is 5.56 Å². The van der Waals surface area contributed by atoms with Gasteiger partial charge in [0.1, 0.15) is 0 Å². The summed E-state index contributed by atoms with van der Waals surface area (Å²) in [4.78, 5) is 2.75. The molecule has 0 atom stereocenters. The molecular weight excluding hydrogens is 174 g/mol. The number of fused-ring (bicyclic) bond motifs is 1. The van der Waals surface area contributed by atoms with Gasteiger partial charge in [0.2, 0.25) is 0 Å². The zero-order valence-electron chi connectivity index (χ0n) is 6.72. The molecule has 0 aliphatic rings. The Morgan fingerprint density at radius 3 is 2.77 bits per heavy atom. The first-order valence-corrected chi connectivity index (χ1v) is 3.84. The predicted octanol–water partition coefficient (Wildman–Crippen LogP) is 2.69. The maximum absolute atomic E-state index is 12.4. The van der Waals surface area contributed by atoms with Crippen molar-refractivity contribution >= 4 is 16.6 Å². The summed E-state index contributed by atoms with van der Waals surface area (Å²) in [7, 11) is 0. The first-order valence-electron chi connectivity index (χ1n) is 3.84. The van der Waals surface area contributed by atoms with E-state index in [1.54, 1.807) is 18.2 Å². The number of aromatic amines is 1. The van der Waals surface area contributed by atoms with E-state index >= 15 is 0 Å². The minimum absolute atomic E-state index is 0.0342. The molecule has 3 N–H and O–H groups in total. The third-order valence-corrected chi connectivity index (χ3v) is 2.00. The number of hydrogen-bond donors (Lipinski definition) is 2. The molecule has 0 spiro atoms. The number of benzene rings is 1. The lowest BCUT2D eigenvalue weighted by molar-refractivity contribution is 0.153. The minimum atomic E-state index is -2.49. The zero-order valence-corrected chi connectivity index (χ0v) is 6.72. The van der Waals surface area contributed by atoms with E-state index in [0.29, 0.717) is 16.6 Å². The topological polar surface area (TPSA) is 41.8 Å². The number of anilines is 1. The first kappa shape index (κ1) is 8.04. The summed E-state index contributed by atoms with van der Waals surface area (Å²) in [6, 6.07) is 5.06. The molecule has 4 heteroatoms. The Labute approximate surface area is 73.4 Å². The van der Waals surface area contributed by atoms with Crippen LogP contribution in [0.2, 0.25) is 0 Å². The Morgan fingerprint density at radius 1 is 1.31 bits per heavy atom. The van der Waals surface area contributed by atoms with Crippen LogP contribution in [0.25, 0.3) is 10.9 Å². The van der Waals surface area contributed by atoms with E-state index in [9.17, 15) is 8.78 Å². The molecule has 1 aromatic heterocycles. The van der Waals surface area contributed by atoms with E-state index in [1.807, 2.05) is 0 Å². The lowest BCUT2D eigenvalue weighted by Gasteiger charge is -1.99. The fourth-order valence-electron chi connectivity index (χ4n) is 1.41. The molecule has 2 nitrogen and oxygen atoms in total. The highest BCUT2D eigenvalue weighted by Gasteiger charge is 2.14. The van der Waals surface area contributed by atoms with Crippen LogP contribution in [0.5, 0.6) is 0 Å². The van der Waals surface area contributed by atoms with Crippen LogP contribution in [-0.2, 0) is 0 Å². The molecule has 0 unspecified atom stereocenters. The van der Waals surface area contributed by atoms with Gasteiger partial charge in [0.15, 0.2) is 0 Å². The molecular formula is C9H8F2N2. The molecule has 0 aliphatic carbocycles. The van der Waals surface area contributed by atoms with Gasteiger partial charge in [-0.2, -0.15) is 0 Å². The van der Waals surface area contributed by atoms with Gasteiger partial charge in [-0.3, -0.25) is 0 Å². The molecule has 0 bridgehead atoms. The van der Waals surface area contributed by atoms with Crippen LogP contribution < -0.4 is 5.73 Å². The van der Waals surface area contributed by atoms with Crippen LogP contribution in [0.3, 0.4) is 0 Å². The lowest BCUT2D eigenvalue weighted by atomic mass is 10.1. The molecule has 0 fully saturated rings. The Bertz CT molecular complexity index is 434. The zero-order chi connectivity index (χ0) is 9.42. The maximum atomic E-state index is 12.4. The molecule has 0 saturated carbocycles. The van der Waals surface area contributed by atoms with Crippen LogP contribution in [0.1, 0.15) is 12.0 Å². The standard InChI is InChI=1S/C9H8F2N2/c10-9(11)5-4-13-7-3-1-2-6(12)8(5)7/h1-4,9,13H,12H2. The summed E-state index contributed by atoms with van der Waals surface area (Å²) in [6.07, 6.45) is -1.19. The Hall–Kier alpha value is -1.58. The molecule has 68 valence electrons. The van der Waals surface area contributed by atoms with Crippen molar-refractivity contribution in [3.8, 4) is 0 Å². The fourth-order valence-corrected chi connectivity index (χ4v) is 1.41. The summed E-state index contributed by atoms with van der Waals surface area (Å²) < 4.78 is 24.9. The predicted molar refractivity (Wildman–Crippen MR) is 47.7 cm³/mol. The second kappa shape index (κ2) is 2.73. The first-order chi connectivity index (χ1) is 6.20. The molecule has 13 heavy (non-hydrogen) atoms. The van der Waals surface area contributed by atoms with Gasteiger partial charge in [-0.25, -0.2) is 8.78 Å². The van der Waals surface area contributed by atoms with Gasteiger partial charge in [0.25, 0.3) is 6.43 Å². The molecule has 0 saturated heterocycles. The van der Waals surface area contributed by atoms with Crippen molar-refractivity contribution < 1.29 is 8.78 Å². The highest BCUT2D eigenvalue weighted by atomic mass is 19.3. The molecule has 0 amide bonds. The van der Waals surface area contributed by atoms with Crippen LogP contribution in [0, 0.1) is 0 Å². The Balaban J connectivity index is 2.79. The number of hydrogen-bond acceptors (Lipinski definition) is 1. The average molecular weight is 182 g/mol. The quantitative estimate of drug-likeness (QED) is 0.654. The van der Waals surface area contributed by atoms with Crippen molar-refractivity contribution in [2.24, 2.45) is 0 Å². The van der Waals surface area contributed by atoms with Gasteiger partial charge in [0, 0.05) is 28.4 Å². The van der Waals surface area contributed by atoms with Crippen molar-refractivity contribution in [1.29, 1.82) is 0 Å². The summed E-state index contributed by atoms with van der Waals surface area (Å²) in [5.41, 5.74) is 6.58. The third-order valence-electron chi connectivity index (χ3n) is 2.00. The smallest absolute Gasteiger partial charge is 0.265 e. The van der Waals surface area contributed by atoms with Gasteiger partial charge in [0.05, 0.1) is 0 Å². The summed E-state index contributed by atoms with van der Waals surface area (Å²) >= 11 is 0. The van der Waals surface area contributed by atoms with Crippen LogP contribution in [0.4, 0.5) is 14.5 Å². The van der Waals surface area contributed by atoms with Crippen molar-refractivity contribution in [1.82, 2.24) is 4.98 Å². The summed E-state index contributed by atoms with van der Waals surface area (Å²) in [6.45, 7) is 0. The number of nitrogens with two attached hydrogens (primary N) is 1. The number of nitrogens with one attached hydrogen (secondary N) is 1. The van der Waals surface area contributed by atoms with E-state index in [0.717, 1.165) is 0 Å². The third kappa shape index (κ3) is 1.14. The Kier molecular flexibility index (Phi) is 1.69. The van der Waals surface area contributed by atoms with Crippen molar-refractivity contribution in [2.45, 2.75) is 6.43 Å². The number of alkyl halides is 2. The number of H-pyrrole nitrogens is 1. The van der Waals surface area contributed by atoms with E-state index in [2.05, 4.69) is 4.98 Å². The normalized spacial score (nSPS) is 11.3. The van der Waals surface area contributed by atoms with Crippen LogP contribution in [0.15, 0.2) is 24.4 Å². The van der Waals surface area contributed by atoms with Gasteiger partial charge < -0.3 is 10.7 Å². The minimum Gasteiger partial charge on any atom is -0.398 e. The molecule has 2 rings (SSSR count). The van der Waals surface area contributed by atoms with Crippen molar-refractivity contribution in [2.75, 3.05) is 5.73 Å². The Morgan fingerprint density at radius 2 is 2.08 bits per heavy atom. The van der Waals surface area contributed by atoms with Crippen molar-refractivity contribution in [3.05, 3.63) is 30.0 Å². The monoisotopic (exact) mass is 182 g/mol. The van der Waals surface area contributed by atoms with Gasteiger partial charge in [-0.15, -0.1) is 0 Å². The van der Waals surface area contributed by atoms with Crippen LogP contribution >= 0.6 is 0 Å². The summed E-state index contributed by atoms with van der Waals surface area (Å²) in [5.74, 6) is 0. The van der Waals surface area contributed by atoms with Crippen LogP contribution in [-0.4, -0.2) is 4.98 Å². The van der Waals surface area contributed by atoms with Gasteiger partial charge in [-0.05, 0) is 12.1 Å². The SMILES string of the molecule is Nc1cccc2[nH]cc(C(F)F)c12. The van der Waals surface area contributed by atoms with Crippen molar-refractivity contribution in [3.63, 3.8) is 0 Å². The number of aromatic nitrogens is 1. The average Bonchev–Trinajstić information content (AvgIpc) is 2.49. The second-order valence-electron chi connectivity index (χ2n) is 2.81. The molecule has 0 aliphatic heterocycles. The maximum Gasteiger partial charge on any atom is 0.265 e. The fraction of sp³-hybridized carbons (Fsp3) is 0.111. The largest absolute Gasteiger partial charge is 0.398 e. The molecule has 1 heterocycles. The second-order valence-corrected chi connectivity index (χ2v) is 2.81.